The summed E-state index contributed by atoms with van der Waals surface area (Å²) in [5.74, 6) is -1.30. The molecule has 134 valence electrons. The molecule has 2 aromatic carbocycles. The number of aliphatic hydroxyl groups is 1. The third-order valence-electron chi connectivity index (χ3n) is 3.68. The lowest BCUT2D eigenvalue weighted by Gasteiger charge is -2.13. The minimum absolute atomic E-state index is 0.00887. The minimum Gasteiger partial charge on any atom is -0.454 e. The van der Waals surface area contributed by atoms with Gasteiger partial charge < -0.3 is 14.6 Å². The molecule has 0 saturated heterocycles. The van der Waals surface area contributed by atoms with Crippen molar-refractivity contribution >= 4 is 10.0 Å². The molecule has 0 fully saturated rings. The molecule has 0 bridgehead atoms. The van der Waals surface area contributed by atoms with Crippen molar-refractivity contribution in [3.8, 4) is 11.5 Å². The van der Waals surface area contributed by atoms with Crippen molar-refractivity contribution in [1.29, 1.82) is 0 Å². The fraction of sp³-hybridized carbons (Fsp3) is 0.250. The molecule has 1 aliphatic rings. The van der Waals surface area contributed by atoms with Crippen molar-refractivity contribution in [3.05, 3.63) is 53.6 Å². The predicted octanol–water partition coefficient (Wildman–Crippen LogP) is 2.10. The van der Waals surface area contributed by atoms with Crippen molar-refractivity contribution in [2.75, 3.05) is 13.3 Å². The lowest BCUT2D eigenvalue weighted by atomic mass is 10.1. The molecular weight excluding hydrogens is 356 g/mol. The molecule has 0 spiro atoms. The molecule has 2 N–H and O–H groups in total. The SMILES string of the molecule is O=S(=O)(NCC[C@H](O)c1ccc2c(c1)OCO2)c1c(F)cccc1F. The van der Waals surface area contributed by atoms with E-state index in [1.165, 1.54) is 0 Å². The summed E-state index contributed by atoms with van der Waals surface area (Å²) in [5, 5.41) is 10.1. The molecule has 2 aromatic rings. The van der Waals surface area contributed by atoms with Gasteiger partial charge in [0.15, 0.2) is 16.4 Å². The van der Waals surface area contributed by atoms with E-state index >= 15 is 0 Å². The number of nitrogens with one attached hydrogen (secondary N) is 1. The Morgan fingerprint density at radius 2 is 1.80 bits per heavy atom. The summed E-state index contributed by atoms with van der Waals surface area (Å²) < 4.78 is 63.7. The summed E-state index contributed by atoms with van der Waals surface area (Å²) in [6.07, 6.45) is -0.975. The Kier molecular flexibility index (Phi) is 4.89. The molecule has 1 heterocycles. The van der Waals surface area contributed by atoms with Gasteiger partial charge in [0.25, 0.3) is 0 Å². The zero-order valence-electron chi connectivity index (χ0n) is 12.9. The highest BCUT2D eigenvalue weighted by atomic mass is 32.2. The Morgan fingerprint density at radius 3 is 2.52 bits per heavy atom. The molecule has 0 aliphatic carbocycles. The summed E-state index contributed by atoms with van der Waals surface area (Å²) in [6, 6.07) is 7.66. The second-order valence-electron chi connectivity index (χ2n) is 5.37. The number of sulfonamides is 1. The van der Waals surface area contributed by atoms with Crippen LogP contribution >= 0.6 is 0 Å². The molecular formula is C16H15F2NO5S. The molecule has 0 aromatic heterocycles. The van der Waals surface area contributed by atoms with E-state index in [1.54, 1.807) is 18.2 Å². The van der Waals surface area contributed by atoms with Crippen LogP contribution in [-0.2, 0) is 10.0 Å². The number of fused-ring (bicyclic) bond motifs is 1. The van der Waals surface area contributed by atoms with Crippen LogP contribution in [0.3, 0.4) is 0 Å². The zero-order valence-corrected chi connectivity index (χ0v) is 13.7. The van der Waals surface area contributed by atoms with Crippen LogP contribution < -0.4 is 14.2 Å². The smallest absolute Gasteiger partial charge is 0.246 e. The van der Waals surface area contributed by atoms with E-state index in [4.69, 9.17) is 9.47 Å². The average molecular weight is 371 g/mol. The zero-order chi connectivity index (χ0) is 18.0. The monoisotopic (exact) mass is 371 g/mol. The third-order valence-corrected chi connectivity index (χ3v) is 5.19. The largest absolute Gasteiger partial charge is 0.454 e. The molecule has 9 heteroatoms. The Morgan fingerprint density at radius 1 is 1.12 bits per heavy atom. The second-order valence-corrected chi connectivity index (χ2v) is 7.07. The molecule has 1 aliphatic heterocycles. The standard InChI is InChI=1S/C16H15F2NO5S/c17-11-2-1-3-12(18)16(11)25(21,22)19-7-6-13(20)10-4-5-14-15(8-10)24-9-23-14/h1-5,8,13,19-20H,6-7,9H2/t13-/m0/s1. The van der Waals surface area contributed by atoms with Crippen LogP contribution in [0.25, 0.3) is 0 Å². The molecule has 6 nitrogen and oxygen atoms in total. The van der Waals surface area contributed by atoms with Gasteiger partial charge in [-0.15, -0.1) is 0 Å². The summed E-state index contributed by atoms with van der Waals surface area (Å²) in [7, 11) is -4.36. The number of benzene rings is 2. The Hall–Kier alpha value is -2.23. The van der Waals surface area contributed by atoms with Gasteiger partial charge in [-0.25, -0.2) is 21.9 Å². The van der Waals surface area contributed by atoms with Crippen LogP contribution in [0.15, 0.2) is 41.3 Å². The quantitative estimate of drug-likeness (QED) is 0.812. The van der Waals surface area contributed by atoms with Crippen molar-refractivity contribution in [1.82, 2.24) is 4.72 Å². The van der Waals surface area contributed by atoms with Gasteiger partial charge in [-0.1, -0.05) is 12.1 Å². The van der Waals surface area contributed by atoms with Crippen LogP contribution in [-0.4, -0.2) is 26.9 Å². The highest BCUT2D eigenvalue weighted by Crippen LogP contribution is 2.34. The lowest BCUT2D eigenvalue weighted by molar-refractivity contribution is 0.166. The van der Waals surface area contributed by atoms with Gasteiger partial charge >= 0.3 is 0 Å². The molecule has 0 unspecified atom stereocenters. The number of aliphatic hydroxyl groups excluding tert-OH is 1. The van der Waals surface area contributed by atoms with Crippen LogP contribution in [0.2, 0.25) is 0 Å². The summed E-state index contributed by atoms with van der Waals surface area (Å²) in [4.78, 5) is -1.03. The Labute approximate surface area is 143 Å². The van der Waals surface area contributed by atoms with E-state index in [-0.39, 0.29) is 19.8 Å². The van der Waals surface area contributed by atoms with Gasteiger partial charge in [-0.3, -0.25) is 0 Å². The number of rotatable bonds is 6. The number of halogens is 2. The number of ether oxygens (including phenoxy) is 2. The Bertz CT molecular complexity index is 868. The van der Waals surface area contributed by atoms with E-state index < -0.39 is 32.7 Å². The van der Waals surface area contributed by atoms with E-state index in [0.29, 0.717) is 17.1 Å². The van der Waals surface area contributed by atoms with Gasteiger partial charge in [-0.05, 0) is 36.2 Å². The van der Waals surface area contributed by atoms with Gasteiger partial charge in [-0.2, -0.15) is 0 Å². The van der Waals surface area contributed by atoms with Crippen molar-refractivity contribution in [2.24, 2.45) is 0 Å². The summed E-state index contributed by atoms with van der Waals surface area (Å²) >= 11 is 0. The average Bonchev–Trinajstić information content (AvgIpc) is 3.01. The highest BCUT2D eigenvalue weighted by molar-refractivity contribution is 7.89. The molecule has 0 amide bonds. The lowest BCUT2D eigenvalue weighted by Crippen LogP contribution is -2.27. The van der Waals surface area contributed by atoms with Crippen molar-refractivity contribution in [2.45, 2.75) is 17.4 Å². The summed E-state index contributed by atoms with van der Waals surface area (Å²) in [5.41, 5.74) is 0.514. The first-order valence-electron chi connectivity index (χ1n) is 7.40. The molecule has 3 rings (SSSR count). The van der Waals surface area contributed by atoms with Crippen molar-refractivity contribution in [3.63, 3.8) is 0 Å². The van der Waals surface area contributed by atoms with E-state index in [9.17, 15) is 22.3 Å². The first kappa shape index (κ1) is 17.6. The second kappa shape index (κ2) is 6.95. The van der Waals surface area contributed by atoms with E-state index in [0.717, 1.165) is 18.2 Å². The molecule has 1 atom stereocenters. The first-order valence-corrected chi connectivity index (χ1v) is 8.88. The third kappa shape index (κ3) is 3.73. The number of hydrogen-bond acceptors (Lipinski definition) is 5. The fourth-order valence-electron chi connectivity index (χ4n) is 2.43. The van der Waals surface area contributed by atoms with Crippen LogP contribution in [0.5, 0.6) is 11.5 Å². The maximum absolute atomic E-state index is 13.6. The van der Waals surface area contributed by atoms with Gasteiger partial charge in [0, 0.05) is 6.54 Å². The fourth-order valence-corrected chi connectivity index (χ4v) is 3.61. The van der Waals surface area contributed by atoms with E-state index in [2.05, 4.69) is 4.72 Å². The van der Waals surface area contributed by atoms with E-state index in [1.807, 2.05) is 0 Å². The highest BCUT2D eigenvalue weighted by Gasteiger charge is 2.24. The van der Waals surface area contributed by atoms with Crippen molar-refractivity contribution < 1.29 is 31.8 Å². The minimum atomic E-state index is -4.36. The van der Waals surface area contributed by atoms with Gasteiger partial charge in [0.2, 0.25) is 16.8 Å². The Balaban J connectivity index is 1.64. The maximum atomic E-state index is 13.6. The van der Waals surface area contributed by atoms with Gasteiger partial charge in [0.1, 0.15) is 11.6 Å². The maximum Gasteiger partial charge on any atom is 0.246 e. The van der Waals surface area contributed by atoms with Crippen LogP contribution in [0, 0.1) is 11.6 Å². The van der Waals surface area contributed by atoms with Gasteiger partial charge in [0.05, 0.1) is 6.10 Å². The van der Waals surface area contributed by atoms with Crippen LogP contribution in [0.4, 0.5) is 8.78 Å². The predicted molar refractivity (Wildman–Crippen MR) is 83.7 cm³/mol. The number of hydrogen-bond donors (Lipinski definition) is 2. The molecule has 0 saturated carbocycles. The molecule has 25 heavy (non-hydrogen) atoms. The van der Waals surface area contributed by atoms with Crippen LogP contribution in [0.1, 0.15) is 18.1 Å². The topological polar surface area (TPSA) is 84.9 Å². The summed E-state index contributed by atoms with van der Waals surface area (Å²) in [6.45, 7) is -0.103. The first-order chi connectivity index (χ1) is 11.9. The normalized spacial score (nSPS) is 14.5. The molecule has 0 radical (unpaired) electrons.